The molecule has 0 spiro atoms. The number of aryl methyl sites for hydroxylation is 1. The third-order valence-electron chi connectivity index (χ3n) is 1.66. The summed E-state index contributed by atoms with van der Waals surface area (Å²) in [4.78, 5) is 7.05. The van der Waals surface area contributed by atoms with Crippen LogP contribution < -0.4 is 0 Å². The zero-order chi connectivity index (χ0) is 11.2. The monoisotopic (exact) mass is 233 g/mol. The molecule has 0 fully saturated rings. The molecule has 0 atom stereocenters. The van der Waals surface area contributed by atoms with Gasteiger partial charge in [-0.1, -0.05) is 12.6 Å². The number of fused-ring (bicyclic) bond motifs is 1. The second kappa shape index (κ2) is 3.02. The Morgan fingerprint density at radius 3 is 2.60 bits per heavy atom. The molecule has 0 amide bonds. The summed E-state index contributed by atoms with van der Waals surface area (Å²) in [6.07, 6.45) is -4.58. The van der Waals surface area contributed by atoms with Crippen molar-refractivity contribution in [3.05, 3.63) is 17.6 Å². The normalized spacial score (nSPS) is 12.3. The first-order valence-corrected chi connectivity index (χ1v) is 4.27. The standard InChI is InChI=1S/C7H4F3N4S/c1-3-2-4(15)14-6(11-3)12-5(13-14)7(8,9)10/h2H,1H3. The van der Waals surface area contributed by atoms with Crippen LogP contribution in [-0.2, 0) is 6.18 Å². The quantitative estimate of drug-likeness (QED) is 0.654. The van der Waals surface area contributed by atoms with Crippen molar-refractivity contribution in [2.75, 3.05) is 0 Å². The molecule has 0 saturated carbocycles. The average Bonchev–Trinajstić information content (AvgIpc) is 2.46. The van der Waals surface area contributed by atoms with Crippen LogP contribution in [0.15, 0.2) is 11.1 Å². The Morgan fingerprint density at radius 1 is 1.33 bits per heavy atom. The van der Waals surface area contributed by atoms with E-state index in [4.69, 9.17) is 12.6 Å². The SMILES string of the molecule is Cc1cc([S])n2nc(C(F)(F)F)nc2n1. The fourth-order valence-electron chi connectivity index (χ4n) is 1.07. The predicted molar refractivity (Wildman–Crippen MR) is 46.4 cm³/mol. The van der Waals surface area contributed by atoms with Crippen LogP contribution in [0.25, 0.3) is 5.78 Å². The summed E-state index contributed by atoms with van der Waals surface area (Å²) in [6.45, 7) is 1.62. The molecule has 4 nitrogen and oxygen atoms in total. The van der Waals surface area contributed by atoms with Crippen LogP contribution in [0.1, 0.15) is 11.5 Å². The third kappa shape index (κ3) is 1.72. The summed E-state index contributed by atoms with van der Waals surface area (Å²) < 4.78 is 37.7. The van der Waals surface area contributed by atoms with Crippen molar-refractivity contribution in [2.45, 2.75) is 18.1 Å². The van der Waals surface area contributed by atoms with Crippen molar-refractivity contribution < 1.29 is 13.2 Å². The first-order chi connectivity index (χ1) is 6.88. The molecule has 0 aromatic carbocycles. The van der Waals surface area contributed by atoms with Gasteiger partial charge in [-0.15, -0.1) is 5.10 Å². The summed E-state index contributed by atoms with van der Waals surface area (Å²) in [5.41, 5.74) is 0.508. The van der Waals surface area contributed by atoms with Gasteiger partial charge in [0.1, 0.15) is 5.03 Å². The highest BCUT2D eigenvalue weighted by Gasteiger charge is 2.36. The maximum Gasteiger partial charge on any atom is 0.453 e. The smallest absolute Gasteiger partial charge is 0.216 e. The number of rotatable bonds is 0. The predicted octanol–water partition coefficient (Wildman–Crippen LogP) is 2.01. The molecule has 2 heterocycles. The number of halogens is 3. The first kappa shape index (κ1) is 10.1. The lowest BCUT2D eigenvalue weighted by molar-refractivity contribution is -0.144. The van der Waals surface area contributed by atoms with Crippen molar-refractivity contribution >= 4 is 18.4 Å². The van der Waals surface area contributed by atoms with Crippen LogP contribution in [0.2, 0.25) is 0 Å². The van der Waals surface area contributed by atoms with Gasteiger partial charge in [-0.3, -0.25) is 0 Å². The van der Waals surface area contributed by atoms with Crippen molar-refractivity contribution in [3.8, 4) is 0 Å². The Kier molecular flexibility index (Phi) is 2.03. The van der Waals surface area contributed by atoms with E-state index >= 15 is 0 Å². The fourth-order valence-corrected chi connectivity index (χ4v) is 1.37. The fraction of sp³-hybridized carbons (Fsp3) is 0.286. The largest absolute Gasteiger partial charge is 0.453 e. The second-order valence-corrected chi connectivity index (χ2v) is 3.30. The van der Waals surface area contributed by atoms with Crippen molar-refractivity contribution in [1.82, 2.24) is 19.6 Å². The molecule has 8 heteroatoms. The van der Waals surface area contributed by atoms with E-state index in [1.807, 2.05) is 0 Å². The van der Waals surface area contributed by atoms with Crippen molar-refractivity contribution in [2.24, 2.45) is 0 Å². The number of hydrogen-bond acceptors (Lipinski definition) is 3. The Balaban J connectivity index is 2.71. The van der Waals surface area contributed by atoms with Crippen LogP contribution in [-0.4, -0.2) is 19.6 Å². The Hall–Kier alpha value is -1.44. The van der Waals surface area contributed by atoms with Crippen LogP contribution in [0.3, 0.4) is 0 Å². The third-order valence-corrected chi connectivity index (χ3v) is 1.95. The van der Waals surface area contributed by atoms with Gasteiger partial charge in [-0.2, -0.15) is 22.7 Å². The van der Waals surface area contributed by atoms with E-state index in [1.165, 1.54) is 6.07 Å². The summed E-state index contributed by atoms with van der Waals surface area (Å²) >= 11 is 4.83. The molecular weight excluding hydrogens is 229 g/mol. The van der Waals surface area contributed by atoms with Crippen LogP contribution >= 0.6 is 12.6 Å². The molecule has 2 aromatic rings. The Bertz CT molecular complexity index is 519. The minimum absolute atomic E-state index is 0.132. The first-order valence-electron chi connectivity index (χ1n) is 3.86. The zero-order valence-electron chi connectivity index (χ0n) is 7.41. The van der Waals surface area contributed by atoms with Gasteiger partial charge in [0.15, 0.2) is 0 Å². The molecule has 0 saturated heterocycles. The van der Waals surface area contributed by atoms with E-state index in [2.05, 4.69) is 15.1 Å². The molecule has 2 rings (SSSR count). The van der Waals surface area contributed by atoms with Gasteiger partial charge < -0.3 is 0 Å². The average molecular weight is 233 g/mol. The minimum atomic E-state index is -4.58. The summed E-state index contributed by atoms with van der Waals surface area (Å²) in [5.74, 6) is -1.36. The highest BCUT2D eigenvalue weighted by atomic mass is 32.1. The number of hydrogen-bond donors (Lipinski definition) is 0. The molecule has 0 unspecified atom stereocenters. The van der Waals surface area contributed by atoms with Crippen LogP contribution in [0.4, 0.5) is 13.2 Å². The Labute approximate surface area is 87.6 Å². The van der Waals surface area contributed by atoms with Gasteiger partial charge in [0.25, 0.3) is 11.6 Å². The Morgan fingerprint density at radius 2 is 2.00 bits per heavy atom. The van der Waals surface area contributed by atoms with Crippen molar-refractivity contribution in [1.29, 1.82) is 0 Å². The molecule has 0 aliphatic heterocycles. The van der Waals surface area contributed by atoms with E-state index in [9.17, 15) is 13.2 Å². The zero-order valence-corrected chi connectivity index (χ0v) is 8.22. The highest BCUT2D eigenvalue weighted by molar-refractivity contribution is 7.80. The topological polar surface area (TPSA) is 43.1 Å². The molecule has 0 N–H and O–H groups in total. The maximum absolute atomic E-state index is 12.3. The lowest BCUT2D eigenvalue weighted by Crippen LogP contribution is -2.07. The van der Waals surface area contributed by atoms with Gasteiger partial charge in [0.2, 0.25) is 0 Å². The van der Waals surface area contributed by atoms with E-state index < -0.39 is 12.0 Å². The number of alkyl halides is 3. The van der Waals surface area contributed by atoms with Crippen LogP contribution in [0, 0.1) is 6.92 Å². The van der Waals surface area contributed by atoms with Gasteiger partial charge in [-0.05, 0) is 13.0 Å². The lowest BCUT2D eigenvalue weighted by Gasteiger charge is -1.97. The molecule has 0 aliphatic rings. The van der Waals surface area contributed by atoms with Crippen LogP contribution in [0.5, 0.6) is 0 Å². The second-order valence-electron chi connectivity index (χ2n) is 2.88. The summed E-state index contributed by atoms with van der Waals surface area (Å²) in [6, 6.07) is 1.46. The molecular formula is C7H4F3N4S. The number of aromatic nitrogens is 4. The van der Waals surface area contributed by atoms with Crippen molar-refractivity contribution in [3.63, 3.8) is 0 Å². The van der Waals surface area contributed by atoms with Gasteiger partial charge in [0, 0.05) is 5.69 Å². The maximum atomic E-state index is 12.3. The minimum Gasteiger partial charge on any atom is -0.216 e. The van der Waals surface area contributed by atoms with E-state index in [1.54, 1.807) is 6.92 Å². The summed E-state index contributed by atoms with van der Waals surface area (Å²) in [5, 5.41) is 3.39. The summed E-state index contributed by atoms with van der Waals surface area (Å²) in [7, 11) is 0. The number of nitrogens with zero attached hydrogens (tertiary/aromatic N) is 4. The van der Waals surface area contributed by atoms with E-state index in [-0.39, 0.29) is 10.8 Å². The van der Waals surface area contributed by atoms with Gasteiger partial charge in [0.05, 0.1) is 0 Å². The molecule has 15 heavy (non-hydrogen) atoms. The van der Waals surface area contributed by atoms with Gasteiger partial charge in [-0.25, -0.2) is 4.98 Å². The van der Waals surface area contributed by atoms with E-state index in [0.717, 1.165) is 4.52 Å². The van der Waals surface area contributed by atoms with E-state index in [0.29, 0.717) is 5.69 Å². The molecule has 1 radical (unpaired) electrons. The molecule has 2 aromatic heterocycles. The molecule has 0 bridgehead atoms. The molecule has 79 valence electrons. The molecule has 0 aliphatic carbocycles. The van der Waals surface area contributed by atoms with Gasteiger partial charge >= 0.3 is 6.18 Å². The highest BCUT2D eigenvalue weighted by Crippen LogP contribution is 2.26. The lowest BCUT2D eigenvalue weighted by atomic mass is 10.5.